The Hall–Kier alpha value is -6.68. The van der Waals surface area contributed by atoms with E-state index in [9.17, 15) is 0 Å². The minimum Gasteiger partial charge on any atom is -0.228 e. The highest BCUT2D eigenvalue weighted by atomic mass is 32.1. The second-order valence-electron chi connectivity index (χ2n) is 13.4. The Labute approximate surface area is 312 Å². The molecule has 0 amide bonds. The van der Waals surface area contributed by atoms with E-state index in [0.717, 1.165) is 44.8 Å². The lowest BCUT2D eigenvalue weighted by Crippen LogP contribution is -1.96. The van der Waals surface area contributed by atoms with Crippen LogP contribution in [-0.4, -0.2) is 9.97 Å². The molecular weight excluding hydrogens is 661 g/mol. The van der Waals surface area contributed by atoms with Gasteiger partial charge in [-0.05, 0) is 86.6 Å². The molecule has 0 saturated heterocycles. The van der Waals surface area contributed by atoms with Crippen molar-refractivity contribution in [3.8, 4) is 67.3 Å². The summed E-state index contributed by atoms with van der Waals surface area (Å²) in [5, 5.41) is 5.06. The van der Waals surface area contributed by atoms with E-state index in [0.29, 0.717) is 5.82 Å². The van der Waals surface area contributed by atoms with Crippen molar-refractivity contribution in [1.29, 1.82) is 0 Å². The van der Waals surface area contributed by atoms with Crippen LogP contribution in [0.3, 0.4) is 0 Å². The van der Waals surface area contributed by atoms with Gasteiger partial charge in [-0.1, -0.05) is 152 Å². The third-order valence-electron chi connectivity index (χ3n) is 10.1. The topological polar surface area (TPSA) is 25.8 Å². The normalized spacial score (nSPS) is 11.4. The first kappa shape index (κ1) is 31.1. The first-order valence-corrected chi connectivity index (χ1v) is 18.7. The average molecular weight is 693 g/mol. The Morgan fingerprint density at radius 2 is 0.811 bits per heavy atom. The fourth-order valence-electron chi connectivity index (χ4n) is 7.31. The highest BCUT2D eigenvalue weighted by Gasteiger charge is 2.15. The van der Waals surface area contributed by atoms with Crippen molar-refractivity contribution in [1.82, 2.24) is 9.97 Å². The van der Waals surface area contributed by atoms with E-state index in [-0.39, 0.29) is 0 Å². The maximum Gasteiger partial charge on any atom is 0.160 e. The lowest BCUT2D eigenvalue weighted by atomic mass is 9.93. The number of thiophene rings is 1. The predicted molar refractivity (Wildman–Crippen MR) is 225 cm³/mol. The van der Waals surface area contributed by atoms with Crippen LogP contribution in [0.15, 0.2) is 194 Å². The number of hydrogen-bond donors (Lipinski definition) is 0. The minimum absolute atomic E-state index is 0.699. The second-order valence-corrected chi connectivity index (χ2v) is 14.5. The molecule has 53 heavy (non-hydrogen) atoms. The van der Waals surface area contributed by atoms with Crippen molar-refractivity contribution in [2.45, 2.75) is 0 Å². The zero-order valence-corrected chi connectivity index (χ0v) is 29.6. The molecule has 2 aromatic heterocycles. The van der Waals surface area contributed by atoms with Gasteiger partial charge in [-0.25, -0.2) is 9.97 Å². The van der Waals surface area contributed by atoms with Crippen molar-refractivity contribution >= 4 is 42.3 Å². The number of fused-ring (bicyclic) bond motifs is 4. The van der Waals surface area contributed by atoms with E-state index in [4.69, 9.17) is 9.97 Å². The number of hydrogen-bond acceptors (Lipinski definition) is 3. The number of rotatable bonds is 6. The fraction of sp³-hybridized carbons (Fsp3) is 0. The first-order valence-electron chi connectivity index (χ1n) is 17.9. The molecule has 0 N–H and O–H groups in total. The number of nitrogens with zero attached hydrogens (tertiary/aromatic N) is 2. The monoisotopic (exact) mass is 692 g/mol. The van der Waals surface area contributed by atoms with Crippen LogP contribution in [0, 0.1) is 0 Å². The van der Waals surface area contributed by atoms with Crippen molar-refractivity contribution in [3.63, 3.8) is 0 Å². The molecule has 0 fully saturated rings. The largest absolute Gasteiger partial charge is 0.228 e. The molecule has 10 rings (SSSR count). The van der Waals surface area contributed by atoms with Crippen LogP contribution < -0.4 is 0 Å². The van der Waals surface area contributed by atoms with E-state index in [2.05, 4.69) is 182 Å². The summed E-state index contributed by atoms with van der Waals surface area (Å²) in [6.07, 6.45) is 0. The van der Waals surface area contributed by atoms with Gasteiger partial charge in [0.1, 0.15) is 0 Å². The molecule has 0 atom stereocenters. The Bertz CT molecular complexity index is 2930. The molecule has 0 saturated carbocycles. The van der Waals surface area contributed by atoms with Gasteiger partial charge in [0.2, 0.25) is 0 Å². The molecule has 2 nitrogen and oxygen atoms in total. The van der Waals surface area contributed by atoms with Crippen LogP contribution in [0.1, 0.15) is 0 Å². The first-order chi connectivity index (χ1) is 26.2. The summed E-state index contributed by atoms with van der Waals surface area (Å²) >= 11 is 1.85. The molecule has 0 aliphatic rings. The molecule has 0 aliphatic heterocycles. The number of benzene rings is 8. The maximum atomic E-state index is 5.29. The molecule has 0 spiro atoms. The molecule has 0 radical (unpaired) electrons. The zero-order chi connectivity index (χ0) is 35.1. The molecule has 0 aliphatic carbocycles. The van der Waals surface area contributed by atoms with Gasteiger partial charge < -0.3 is 0 Å². The highest BCUT2D eigenvalue weighted by Crippen LogP contribution is 2.39. The van der Waals surface area contributed by atoms with Gasteiger partial charge in [0.25, 0.3) is 0 Å². The molecule has 2 heterocycles. The average Bonchev–Trinajstić information content (AvgIpc) is 3.62. The predicted octanol–water partition coefficient (Wildman–Crippen LogP) is 14.0. The quantitative estimate of drug-likeness (QED) is 0.173. The minimum atomic E-state index is 0.699. The summed E-state index contributed by atoms with van der Waals surface area (Å²) < 4.78 is 2.60. The van der Waals surface area contributed by atoms with E-state index in [1.54, 1.807) is 0 Å². The van der Waals surface area contributed by atoms with Crippen molar-refractivity contribution in [3.05, 3.63) is 194 Å². The van der Waals surface area contributed by atoms with E-state index in [1.165, 1.54) is 47.6 Å². The number of aromatic nitrogens is 2. The highest BCUT2D eigenvalue weighted by molar-refractivity contribution is 7.25. The van der Waals surface area contributed by atoms with Crippen LogP contribution in [0.2, 0.25) is 0 Å². The van der Waals surface area contributed by atoms with Crippen LogP contribution in [0.25, 0.3) is 98.2 Å². The summed E-state index contributed by atoms with van der Waals surface area (Å²) in [5.74, 6) is 0.699. The Morgan fingerprint density at radius 3 is 1.58 bits per heavy atom. The Kier molecular flexibility index (Phi) is 7.71. The van der Waals surface area contributed by atoms with Gasteiger partial charge in [-0.15, -0.1) is 11.3 Å². The van der Waals surface area contributed by atoms with E-state index in [1.807, 2.05) is 23.5 Å². The van der Waals surface area contributed by atoms with Crippen LogP contribution in [0.4, 0.5) is 0 Å². The van der Waals surface area contributed by atoms with Gasteiger partial charge in [0, 0.05) is 36.9 Å². The lowest BCUT2D eigenvalue weighted by molar-refractivity contribution is 1.18. The molecule has 10 aromatic rings. The standard InChI is InChI=1S/C50H32N2S/c1-3-11-33(12-4-1)35-19-22-37(23-20-35)50-51-46(36-14-5-2-6-15-36)32-47(52-50)43-29-41(39-24-21-34-13-7-8-16-38(34)27-39)28-42(30-43)40-25-26-45-44-17-9-10-18-48(44)53-49(45)31-40/h1-32H. The molecular formula is C50H32N2S. The van der Waals surface area contributed by atoms with Gasteiger partial charge in [-0.2, -0.15) is 0 Å². The molecule has 3 heteroatoms. The van der Waals surface area contributed by atoms with Crippen molar-refractivity contribution in [2.75, 3.05) is 0 Å². The zero-order valence-electron chi connectivity index (χ0n) is 28.8. The van der Waals surface area contributed by atoms with E-state index < -0.39 is 0 Å². The molecule has 248 valence electrons. The summed E-state index contributed by atoms with van der Waals surface area (Å²) in [4.78, 5) is 10.4. The van der Waals surface area contributed by atoms with E-state index >= 15 is 0 Å². The molecule has 0 unspecified atom stereocenters. The Balaban J connectivity index is 1.16. The van der Waals surface area contributed by atoms with Gasteiger partial charge in [-0.3, -0.25) is 0 Å². The maximum absolute atomic E-state index is 5.29. The second kappa shape index (κ2) is 13.1. The lowest BCUT2D eigenvalue weighted by Gasteiger charge is -2.14. The van der Waals surface area contributed by atoms with Gasteiger partial charge in [0.15, 0.2) is 5.82 Å². The third kappa shape index (κ3) is 5.97. The summed E-state index contributed by atoms with van der Waals surface area (Å²) in [5.41, 5.74) is 11.9. The molecule has 8 aromatic carbocycles. The Morgan fingerprint density at radius 1 is 0.283 bits per heavy atom. The van der Waals surface area contributed by atoms with Crippen molar-refractivity contribution in [2.24, 2.45) is 0 Å². The summed E-state index contributed by atoms with van der Waals surface area (Å²) in [7, 11) is 0. The van der Waals surface area contributed by atoms with Gasteiger partial charge in [0.05, 0.1) is 11.4 Å². The molecule has 0 bridgehead atoms. The SMILES string of the molecule is c1ccc(-c2ccc(-c3nc(-c4ccccc4)cc(-c4cc(-c5ccc6ccccc6c5)cc(-c5ccc6c(c5)sc5ccccc56)c4)n3)cc2)cc1. The van der Waals surface area contributed by atoms with Crippen LogP contribution >= 0.6 is 11.3 Å². The van der Waals surface area contributed by atoms with Crippen molar-refractivity contribution < 1.29 is 0 Å². The third-order valence-corrected chi connectivity index (χ3v) is 11.2. The van der Waals surface area contributed by atoms with Crippen LogP contribution in [0.5, 0.6) is 0 Å². The van der Waals surface area contributed by atoms with Gasteiger partial charge >= 0.3 is 0 Å². The van der Waals surface area contributed by atoms with Crippen LogP contribution in [-0.2, 0) is 0 Å². The fourth-order valence-corrected chi connectivity index (χ4v) is 8.45. The summed E-state index contributed by atoms with van der Waals surface area (Å²) in [6.45, 7) is 0. The summed E-state index contributed by atoms with van der Waals surface area (Å²) in [6, 6.07) is 69.3. The smallest absolute Gasteiger partial charge is 0.160 e.